The fourth-order valence-electron chi connectivity index (χ4n) is 4.92. The van der Waals surface area contributed by atoms with E-state index in [-0.39, 0.29) is 51.7 Å². The largest absolute Gasteiger partial charge is 0.477 e. The highest BCUT2D eigenvalue weighted by Gasteiger charge is 2.57. The Balaban J connectivity index is 1.21. The first-order chi connectivity index (χ1) is 16.6. The monoisotopic (exact) mass is 540 g/mol. The predicted octanol–water partition coefficient (Wildman–Crippen LogP) is 1.97. The van der Waals surface area contributed by atoms with Crippen molar-refractivity contribution >= 4 is 57.5 Å². The molecule has 2 aliphatic heterocycles. The van der Waals surface area contributed by atoms with Gasteiger partial charge in [0.1, 0.15) is 10.6 Å². The van der Waals surface area contributed by atoms with E-state index in [0.717, 1.165) is 24.4 Å². The van der Waals surface area contributed by atoms with Crippen LogP contribution in [0.15, 0.2) is 0 Å². The quantitative estimate of drug-likeness (QED) is 0.511. The van der Waals surface area contributed by atoms with Gasteiger partial charge in [0.25, 0.3) is 5.91 Å². The smallest absolute Gasteiger partial charge is 0.347 e. The summed E-state index contributed by atoms with van der Waals surface area (Å²) in [6.07, 6.45) is -0.0138. The second-order valence-corrected chi connectivity index (χ2v) is 11.2. The van der Waals surface area contributed by atoms with Gasteiger partial charge < -0.3 is 30.1 Å². The fraction of sp³-hybridized carbons (Fsp3) is 0.545. The van der Waals surface area contributed by atoms with Crippen molar-refractivity contribution < 1.29 is 19.5 Å². The maximum Gasteiger partial charge on any atom is 0.347 e. The molecule has 2 aromatic heterocycles. The van der Waals surface area contributed by atoms with Gasteiger partial charge in [0.05, 0.1) is 22.2 Å². The molecule has 3 fully saturated rings. The van der Waals surface area contributed by atoms with E-state index in [1.165, 1.54) is 0 Å². The number of aromatic nitrogens is 2. The summed E-state index contributed by atoms with van der Waals surface area (Å²) in [5, 5.41) is 13.9. The van der Waals surface area contributed by atoms with E-state index >= 15 is 0 Å². The standard InChI is InChI=1S/C22H26Cl2N6O4S/c1-10-15(23)16(24)18(25-10)20(32)27-17-11-8-30(9-12(11)17)22-26-13(19(35-22)21(33)34)7-14(31)29-5-3-28(2)4-6-29/h11-12,17,25H,3-9H2,1-2H3,(H,27,32)(H,33,34)/t11-,12+,17+. The van der Waals surface area contributed by atoms with E-state index in [1.807, 2.05) is 11.9 Å². The van der Waals surface area contributed by atoms with Crippen molar-refractivity contribution in [2.45, 2.75) is 19.4 Å². The summed E-state index contributed by atoms with van der Waals surface area (Å²) in [6, 6.07) is 0.0226. The number of aryl methyl sites for hydroxylation is 1. The zero-order chi connectivity index (χ0) is 25.0. The second-order valence-electron chi connectivity index (χ2n) is 9.42. The zero-order valence-corrected chi connectivity index (χ0v) is 21.6. The molecule has 13 heteroatoms. The molecule has 0 unspecified atom stereocenters. The maximum absolute atomic E-state index is 12.8. The fourth-order valence-corrected chi connectivity index (χ4v) is 6.28. The van der Waals surface area contributed by atoms with E-state index < -0.39 is 5.97 Å². The van der Waals surface area contributed by atoms with E-state index in [1.54, 1.807) is 11.8 Å². The Morgan fingerprint density at radius 1 is 1.14 bits per heavy atom. The van der Waals surface area contributed by atoms with Crippen LogP contribution >= 0.6 is 34.5 Å². The highest BCUT2D eigenvalue weighted by Crippen LogP contribution is 2.48. The van der Waals surface area contributed by atoms with Crippen molar-refractivity contribution in [3.63, 3.8) is 0 Å². The van der Waals surface area contributed by atoms with Gasteiger partial charge in [-0.05, 0) is 14.0 Å². The molecule has 188 valence electrons. The number of nitrogens with zero attached hydrogens (tertiary/aromatic N) is 4. The molecule has 2 amide bonds. The molecule has 1 saturated carbocycles. The minimum Gasteiger partial charge on any atom is -0.477 e. The molecule has 4 heterocycles. The van der Waals surface area contributed by atoms with E-state index in [0.29, 0.717) is 47.7 Å². The van der Waals surface area contributed by atoms with Crippen LogP contribution in [0, 0.1) is 18.8 Å². The van der Waals surface area contributed by atoms with Gasteiger partial charge in [-0.15, -0.1) is 0 Å². The number of carbonyl (C=O) groups excluding carboxylic acids is 2. The van der Waals surface area contributed by atoms with E-state index in [4.69, 9.17) is 23.2 Å². The van der Waals surface area contributed by atoms with Crippen molar-refractivity contribution in [3.05, 3.63) is 32.0 Å². The van der Waals surface area contributed by atoms with Crippen LogP contribution in [0.2, 0.25) is 10.0 Å². The number of carboxylic acids is 1. The molecule has 3 N–H and O–H groups in total. The summed E-state index contributed by atoms with van der Waals surface area (Å²) in [4.78, 5) is 50.8. The van der Waals surface area contributed by atoms with Gasteiger partial charge in [0.15, 0.2) is 5.13 Å². The van der Waals surface area contributed by atoms with Crippen LogP contribution in [0.4, 0.5) is 5.13 Å². The number of aromatic amines is 1. The maximum atomic E-state index is 12.8. The number of aromatic carboxylic acids is 1. The number of amides is 2. The van der Waals surface area contributed by atoms with Gasteiger partial charge in [0, 0.05) is 62.8 Å². The number of piperazine rings is 1. The number of piperidine rings is 1. The summed E-state index contributed by atoms with van der Waals surface area (Å²) < 4.78 is 0. The van der Waals surface area contributed by atoms with Gasteiger partial charge >= 0.3 is 5.97 Å². The van der Waals surface area contributed by atoms with Crippen molar-refractivity contribution in [2.24, 2.45) is 11.8 Å². The summed E-state index contributed by atoms with van der Waals surface area (Å²) in [7, 11) is 2.01. The van der Waals surface area contributed by atoms with Crippen LogP contribution in [0.3, 0.4) is 0 Å². The van der Waals surface area contributed by atoms with Crippen LogP contribution in [-0.2, 0) is 11.2 Å². The third-order valence-corrected chi connectivity index (χ3v) is 9.19. The number of anilines is 1. The Morgan fingerprint density at radius 3 is 2.37 bits per heavy atom. The number of hydrogen-bond acceptors (Lipinski definition) is 7. The first-order valence-electron chi connectivity index (χ1n) is 11.4. The van der Waals surface area contributed by atoms with Gasteiger partial charge in [-0.3, -0.25) is 9.59 Å². The van der Waals surface area contributed by atoms with Crippen LogP contribution in [0.25, 0.3) is 0 Å². The molecule has 0 bridgehead atoms. The van der Waals surface area contributed by atoms with Gasteiger partial charge in [0.2, 0.25) is 5.91 Å². The van der Waals surface area contributed by atoms with Crippen LogP contribution in [0.5, 0.6) is 0 Å². The number of likely N-dealkylation sites (N-methyl/N-ethyl adjacent to an activating group) is 1. The third kappa shape index (κ3) is 4.62. The normalized spacial score (nSPS) is 23.9. The number of rotatable bonds is 6. The lowest BCUT2D eigenvalue weighted by Gasteiger charge is -2.32. The molecule has 2 saturated heterocycles. The number of thiazole rings is 1. The minimum atomic E-state index is -1.07. The van der Waals surface area contributed by atoms with Crippen molar-refractivity contribution in [1.29, 1.82) is 0 Å². The molecular weight excluding hydrogens is 515 g/mol. The minimum absolute atomic E-state index is 0.0138. The summed E-state index contributed by atoms with van der Waals surface area (Å²) >= 11 is 13.3. The first kappa shape index (κ1) is 24.4. The number of carboxylic acid groups (broad SMARTS) is 1. The summed E-state index contributed by atoms with van der Waals surface area (Å²) in [6.45, 7) is 5.95. The average Bonchev–Trinajstić information content (AvgIpc) is 3.19. The Bertz CT molecular complexity index is 1180. The molecule has 0 radical (unpaired) electrons. The predicted molar refractivity (Wildman–Crippen MR) is 133 cm³/mol. The molecule has 5 rings (SSSR count). The summed E-state index contributed by atoms with van der Waals surface area (Å²) in [5.41, 5.74) is 1.22. The molecule has 35 heavy (non-hydrogen) atoms. The number of nitrogens with one attached hydrogen (secondary N) is 2. The Morgan fingerprint density at radius 2 is 1.80 bits per heavy atom. The third-order valence-electron chi connectivity index (χ3n) is 7.10. The lowest BCUT2D eigenvalue weighted by Crippen LogP contribution is -2.47. The van der Waals surface area contributed by atoms with Gasteiger partial charge in [-0.25, -0.2) is 9.78 Å². The highest BCUT2D eigenvalue weighted by atomic mass is 35.5. The molecule has 1 aliphatic carbocycles. The van der Waals surface area contributed by atoms with E-state index in [2.05, 4.69) is 20.2 Å². The molecule has 0 aromatic carbocycles. The molecule has 3 atom stereocenters. The number of halogens is 2. The van der Waals surface area contributed by atoms with Crippen molar-refractivity contribution in [3.8, 4) is 0 Å². The van der Waals surface area contributed by atoms with Crippen LogP contribution in [0.1, 0.15) is 31.5 Å². The topological polar surface area (TPSA) is 122 Å². The number of H-pyrrole nitrogens is 1. The number of hydrogen-bond donors (Lipinski definition) is 3. The van der Waals surface area contributed by atoms with Crippen LogP contribution in [-0.4, -0.2) is 95.0 Å². The van der Waals surface area contributed by atoms with Crippen LogP contribution < -0.4 is 10.2 Å². The van der Waals surface area contributed by atoms with Gasteiger partial charge in [-0.1, -0.05) is 34.5 Å². The number of carbonyl (C=O) groups is 3. The molecular formula is C22H26Cl2N6O4S. The SMILES string of the molecule is Cc1[nH]c(C(=O)N[C@H]2[C@@H]3CN(c4nc(CC(=O)N5CCN(C)CC5)c(C(=O)O)s4)C[C@@H]32)c(Cl)c1Cl. The lowest BCUT2D eigenvalue weighted by molar-refractivity contribution is -0.132. The van der Waals surface area contributed by atoms with Crippen molar-refractivity contribution in [2.75, 3.05) is 51.2 Å². The number of fused-ring (bicyclic) bond motifs is 1. The lowest BCUT2D eigenvalue weighted by atomic mass is 10.2. The first-order valence-corrected chi connectivity index (χ1v) is 13.0. The molecule has 0 spiro atoms. The highest BCUT2D eigenvalue weighted by molar-refractivity contribution is 7.17. The second kappa shape index (κ2) is 9.27. The Hall–Kier alpha value is -2.34. The summed E-state index contributed by atoms with van der Waals surface area (Å²) in [5.74, 6) is -0.958. The van der Waals surface area contributed by atoms with E-state index in [9.17, 15) is 19.5 Å². The Labute approximate surface area is 216 Å². The zero-order valence-electron chi connectivity index (χ0n) is 19.3. The van der Waals surface area contributed by atoms with Gasteiger partial charge in [-0.2, -0.15) is 0 Å². The average molecular weight is 541 g/mol. The Kier molecular flexibility index (Phi) is 6.45. The molecule has 10 nitrogen and oxygen atoms in total. The molecule has 2 aromatic rings. The van der Waals surface area contributed by atoms with Crippen molar-refractivity contribution in [1.82, 2.24) is 25.1 Å². The molecule has 3 aliphatic rings.